The van der Waals surface area contributed by atoms with E-state index in [1.165, 1.54) is 21.6 Å². The Bertz CT molecular complexity index is 583. The van der Waals surface area contributed by atoms with Crippen molar-refractivity contribution in [2.75, 3.05) is 13.7 Å². The third kappa shape index (κ3) is 3.19. The first kappa shape index (κ1) is 14.7. The van der Waals surface area contributed by atoms with Crippen molar-refractivity contribution in [3.05, 3.63) is 57.3 Å². The van der Waals surface area contributed by atoms with E-state index in [2.05, 4.69) is 41.0 Å². The largest absolute Gasteiger partial charge is 0.394 e. The van der Waals surface area contributed by atoms with Crippen molar-refractivity contribution < 1.29 is 9.84 Å². The maximum absolute atomic E-state index is 9.88. The van der Waals surface area contributed by atoms with Crippen molar-refractivity contribution >= 4 is 11.3 Å². The lowest BCUT2D eigenvalue weighted by Crippen LogP contribution is -2.48. The summed E-state index contributed by atoms with van der Waals surface area (Å²) in [6, 6.07) is 10.6. The van der Waals surface area contributed by atoms with Crippen LogP contribution in [0.25, 0.3) is 0 Å². The third-order valence-corrected chi connectivity index (χ3v) is 5.12. The molecule has 0 saturated carbocycles. The van der Waals surface area contributed by atoms with Crippen LogP contribution in [-0.4, -0.2) is 24.4 Å². The smallest absolute Gasteiger partial charge is 0.0721 e. The first-order valence-corrected chi connectivity index (χ1v) is 8.10. The van der Waals surface area contributed by atoms with Crippen molar-refractivity contribution in [2.24, 2.45) is 0 Å². The van der Waals surface area contributed by atoms with Crippen LogP contribution in [0.3, 0.4) is 0 Å². The second kappa shape index (κ2) is 6.28. The number of ether oxygens (including phenoxy) is 1. The molecule has 0 radical (unpaired) electrons. The lowest BCUT2D eigenvalue weighted by atomic mass is 9.97. The predicted molar refractivity (Wildman–Crippen MR) is 85.5 cm³/mol. The summed E-state index contributed by atoms with van der Waals surface area (Å²) in [5, 5.41) is 15.6. The Balaban J connectivity index is 1.66. The minimum absolute atomic E-state index is 0.165. The van der Waals surface area contributed by atoms with Gasteiger partial charge in [0.15, 0.2) is 0 Å². The zero-order chi connectivity index (χ0) is 14.7. The second-order valence-electron chi connectivity index (χ2n) is 5.77. The number of aliphatic hydroxyl groups is 1. The van der Waals surface area contributed by atoms with Crippen molar-refractivity contribution in [1.82, 2.24) is 5.32 Å². The Morgan fingerprint density at radius 1 is 1.29 bits per heavy atom. The summed E-state index contributed by atoms with van der Waals surface area (Å²) in [5.74, 6) is 0. The van der Waals surface area contributed by atoms with E-state index in [1.807, 2.05) is 0 Å². The molecule has 0 aliphatic heterocycles. The minimum Gasteiger partial charge on any atom is -0.394 e. The molecule has 1 aliphatic rings. The van der Waals surface area contributed by atoms with Crippen molar-refractivity contribution in [3.63, 3.8) is 0 Å². The first-order valence-electron chi connectivity index (χ1n) is 7.22. The molecule has 0 saturated heterocycles. The standard InChI is InChI=1S/C17H21NO2S/c1-20-10-13-6-16(21-11-13)9-18-17(12-19)7-14-4-2-3-5-15(14)8-17/h2-6,11,18-19H,7-10,12H2,1H3. The monoisotopic (exact) mass is 303 g/mol. The third-order valence-electron chi connectivity index (χ3n) is 4.14. The first-order chi connectivity index (χ1) is 10.2. The summed E-state index contributed by atoms with van der Waals surface area (Å²) in [6.07, 6.45) is 1.80. The van der Waals surface area contributed by atoms with Gasteiger partial charge in [-0.25, -0.2) is 0 Å². The number of aliphatic hydroxyl groups excluding tert-OH is 1. The molecular formula is C17H21NO2S. The quantitative estimate of drug-likeness (QED) is 0.861. The Hall–Kier alpha value is -1.20. The average molecular weight is 303 g/mol. The van der Waals surface area contributed by atoms with E-state index in [0.29, 0.717) is 6.61 Å². The highest BCUT2D eigenvalue weighted by molar-refractivity contribution is 7.10. The van der Waals surface area contributed by atoms with Crippen LogP contribution < -0.4 is 5.32 Å². The van der Waals surface area contributed by atoms with Crippen LogP contribution in [0.4, 0.5) is 0 Å². The van der Waals surface area contributed by atoms with Crippen LogP contribution in [0.2, 0.25) is 0 Å². The molecule has 4 heteroatoms. The molecule has 2 N–H and O–H groups in total. The fourth-order valence-electron chi connectivity index (χ4n) is 3.02. The zero-order valence-corrected chi connectivity index (χ0v) is 13.1. The summed E-state index contributed by atoms with van der Waals surface area (Å²) < 4.78 is 5.15. The molecule has 1 heterocycles. The minimum atomic E-state index is -0.213. The zero-order valence-electron chi connectivity index (χ0n) is 12.3. The van der Waals surface area contributed by atoms with Gasteiger partial charge in [0.25, 0.3) is 0 Å². The molecule has 0 amide bonds. The van der Waals surface area contributed by atoms with Crippen LogP contribution in [0, 0.1) is 0 Å². The number of nitrogens with one attached hydrogen (secondary N) is 1. The molecule has 0 fully saturated rings. The van der Waals surface area contributed by atoms with E-state index in [9.17, 15) is 5.11 Å². The van der Waals surface area contributed by atoms with E-state index in [1.54, 1.807) is 18.4 Å². The van der Waals surface area contributed by atoms with Gasteiger partial charge < -0.3 is 15.2 Å². The molecule has 0 unspecified atom stereocenters. The molecule has 1 aromatic heterocycles. The van der Waals surface area contributed by atoms with Crippen LogP contribution in [0.5, 0.6) is 0 Å². The number of benzene rings is 1. The summed E-state index contributed by atoms with van der Waals surface area (Å²) in [7, 11) is 1.71. The normalized spacial score (nSPS) is 16.1. The van der Waals surface area contributed by atoms with E-state index in [-0.39, 0.29) is 12.1 Å². The molecule has 21 heavy (non-hydrogen) atoms. The van der Waals surface area contributed by atoms with Gasteiger partial charge >= 0.3 is 0 Å². The van der Waals surface area contributed by atoms with Gasteiger partial charge in [-0.1, -0.05) is 24.3 Å². The van der Waals surface area contributed by atoms with E-state index < -0.39 is 0 Å². The van der Waals surface area contributed by atoms with Crippen LogP contribution in [0.1, 0.15) is 21.6 Å². The summed E-state index contributed by atoms with van der Waals surface area (Å²) >= 11 is 1.74. The van der Waals surface area contributed by atoms with Crippen LogP contribution in [-0.2, 0) is 30.7 Å². The Labute approximate surface area is 129 Å². The number of hydrogen-bond acceptors (Lipinski definition) is 4. The van der Waals surface area contributed by atoms with Crippen LogP contribution >= 0.6 is 11.3 Å². The van der Waals surface area contributed by atoms with Crippen molar-refractivity contribution in [2.45, 2.75) is 31.5 Å². The molecule has 1 aliphatic carbocycles. The molecule has 2 aromatic rings. The van der Waals surface area contributed by atoms with E-state index in [4.69, 9.17) is 4.74 Å². The predicted octanol–water partition coefficient (Wildman–Crippen LogP) is 2.51. The highest BCUT2D eigenvalue weighted by atomic mass is 32.1. The molecule has 0 bridgehead atoms. The number of rotatable bonds is 6. The highest BCUT2D eigenvalue weighted by Crippen LogP contribution is 2.30. The van der Waals surface area contributed by atoms with Gasteiger partial charge in [0.2, 0.25) is 0 Å². The van der Waals surface area contributed by atoms with Gasteiger partial charge in [0.1, 0.15) is 0 Å². The highest BCUT2D eigenvalue weighted by Gasteiger charge is 2.36. The second-order valence-corrected chi connectivity index (χ2v) is 6.76. The summed E-state index contributed by atoms with van der Waals surface area (Å²) in [5.41, 5.74) is 3.71. The van der Waals surface area contributed by atoms with Gasteiger partial charge in [-0.05, 0) is 41.0 Å². The average Bonchev–Trinajstić information content (AvgIpc) is 3.10. The topological polar surface area (TPSA) is 41.5 Å². The van der Waals surface area contributed by atoms with Gasteiger partial charge in [0.05, 0.1) is 13.2 Å². The number of methoxy groups -OCH3 is 1. The number of thiophene rings is 1. The molecule has 3 nitrogen and oxygen atoms in total. The lowest BCUT2D eigenvalue weighted by molar-refractivity contribution is 0.166. The van der Waals surface area contributed by atoms with Gasteiger partial charge in [-0.3, -0.25) is 0 Å². The molecular weight excluding hydrogens is 282 g/mol. The molecule has 1 aromatic carbocycles. The Morgan fingerprint density at radius 2 is 2.00 bits per heavy atom. The van der Waals surface area contributed by atoms with Crippen LogP contribution in [0.15, 0.2) is 35.7 Å². The van der Waals surface area contributed by atoms with E-state index in [0.717, 1.165) is 19.4 Å². The molecule has 0 spiro atoms. The van der Waals surface area contributed by atoms with Crippen molar-refractivity contribution in [1.29, 1.82) is 0 Å². The molecule has 112 valence electrons. The SMILES string of the molecule is COCc1csc(CNC2(CO)Cc3ccccc3C2)c1. The molecule has 0 atom stereocenters. The number of hydrogen-bond donors (Lipinski definition) is 2. The van der Waals surface area contributed by atoms with Crippen molar-refractivity contribution in [3.8, 4) is 0 Å². The summed E-state index contributed by atoms with van der Waals surface area (Å²) in [6.45, 7) is 1.62. The van der Waals surface area contributed by atoms with E-state index >= 15 is 0 Å². The maximum Gasteiger partial charge on any atom is 0.0721 e. The van der Waals surface area contributed by atoms with Gasteiger partial charge in [-0.15, -0.1) is 11.3 Å². The number of fused-ring (bicyclic) bond motifs is 1. The Morgan fingerprint density at radius 3 is 2.62 bits per heavy atom. The summed E-state index contributed by atoms with van der Waals surface area (Å²) in [4.78, 5) is 1.28. The Kier molecular flexibility index (Phi) is 4.40. The fraction of sp³-hybridized carbons (Fsp3) is 0.412. The van der Waals surface area contributed by atoms with Gasteiger partial charge in [-0.2, -0.15) is 0 Å². The lowest BCUT2D eigenvalue weighted by Gasteiger charge is -2.28. The molecule has 3 rings (SSSR count). The van der Waals surface area contributed by atoms with Gasteiger partial charge in [0, 0.05) is 24.1 Å². The fourth-order valence-corrected chi connectivity index (χ4v) is 3.84. The maximum atomic E-state index is 9.88.